The minimum Gasteiger partial charge on any atom is -0.496 e. The van der Waals surface area contributed by atoms with E-state index < -0.39 is 0 Å². The van der Waals surface area contributed by atoms with Gasteiger partial charge in [-0.3, -0.25) is 0 Å². The lowest BCUT2D eigenvalue weighted by Crippen LogP contribution is -2.06. The van der Waals surface area contributed by atoms with E-state index >= 15 is 0 Å². The lowest BCUT2D eigenvalue weighted by Gasteiger charge is -2.09. The van der Waals surface area contributed by atoms with Gasteiger partial charge in [0.2, 0.25) is 0 Å². The highest BCUT2D eigenvalue weighted by Crippen LogP contribution is 2.20. The van der Waals surface area contributed by atoms with E-state index in [0.29, 0.717) is 6.01 Å². The summed E-state index contributed by atoms with van der Waals surface area (Å²) in [4.78, 5) is 4.28. The summed E-state index contributed by atoms with van der Waals surface area (Å²) < 4.78 is 10.5. The lowest BCUT2D eigenvalue weighted by atomic mass is 10.1. The van der Waals surface area contributed by atoms with E-state index in [-0.39, 0.29) is 5.92 Å². The smallest absolute Gasteiger partial charge is 0.321 e. The second kappa shape index (κ2) is 6.41. The molecule has 1 heterocycles. The van der Waals surface area contributed by atoms with Crippen molar-refractivity contribution in [1.82, 2.24) is 10.1 Å². The van der Waals surface area contributed by atoms with Crippen LogP contribution in [0.4, 0.5) is 6.01 Å². The summed E-state index contributed by atoms with van der Waals surface area (Å²) >= 11 is 0. The van der Waals surface area contributed by atoms with Crippen LogP contribution in [-0.4, -0.2) is 23.8 Å². The van der Waals surface area contributed by atoms with Gasteiger partial charge in [-0.05, 0) is 25.0 Å². The molecule has 0 unspecified atom stereocenters. The molecule has 0 amide bonds. The molecule has 20 heavy (non-hydrogen) atoms. The summed E-state index contributed by atoms with van der Waals surface area (Å²) in [5.74, 6) is 1.90. The van der Waals surface area contributed by atoms with E-state index in [1.165, 1.54) is 11.1 Å². The van der Waals surface area contributed by atoms with Crippen LogP contribution in [0.3, 0.4) is 0 Å². The number of nitrogens with zero attached hydrogens (tertiary/aromatic N) is 2. The Morgan fingerprint density at radius 2 is 2.15 bits per heavy atom. The molecular weight excluding hydrogens is 254 g/mol. The van der Waals surface area contributed by atoms with Gasteiger partial charge in [0.1, 0.15) is 5.75 Å². The molecule has 0 atom stereocenters. The molecule has 0 bridgehead atoms. The minimum absolute atomic E-state index is 0.270. The first-order valence-corrected chi connectivity index (χ1v) is 6.81. The van der Waals surface area contributed by atoms with Crippen molar-refractivity contribution in [2.24, 2.45) is 0 Å². The molecule has 0 aliphatic heterocycles. The van der Waals surface area contributed by atoms with E-state index in [1.807, 2.05) is 26.0 Å². The van der Waals surface area contributed by atoms with Crippen molar-refractivity contribution < 1.29 is 9.26 Å². The summed E-state index contributed by atoms with van der Waals surface area (Å²) in [5.41, 5.74) is 2.39. The zero-order chi connectivity index (χ0) is 14.5. The van der Waals surface area contributed by atoms with Crippen LogP contribution in [0.5, 0.6) is 5.75 Å². The Bertz CT molecular complexity index is 564. The SMILES string of the molecule is COc1ccc(C)cc1CCNc1nc(C(C)C)no1. The highest BCUT2D eigenvalue weighted by molar-refractivity contribution is 5.37. The van der Waals surface area contributed by atoms with Crippen LogP contribution in [-0.2, 0) is 6.42 Å². The van der Waals surface area contributed by atoms with Gasteiger partial charge in [-0.25, -0.2) is 0 Å². The average Bonchev–Trinajstić information content (AvgIpc) is 2.88. The monoisotopic (exact) mass is 275 g/mol. The van der Waals surface area contributed by atoms with Gasteiger partial charge in [0.25, 0.3) is 0 Å². The van der Waals surface area contributed by atoms with Crippen molar-refractivity contribution in [2.75, 3.05) is 19.0 Å². The maximum Gasteiger partial charge on any atom is 0.321 e. The summed E-state index contributed by atoms with van der Waals surface area (Å²) in [6, 6.07) is 6.64. The molecule has 2 rings (SSSR count). The molecule has 0 fully saturated rings. The molecule has 1 aromatic carbocycles. The number of aromatic nitrogens is 2. The lowest BCUT2D eigenvalue weighted by molar-refractivity contribution is 0.409. The zero-order valence-corrected chi connectivity index (χ0v) is 12.4. The standard InChI is InChI=1S/C15H21N3O2/c1-10(2)14-17-15(20-18-14)16-8-7-12-9-11(3)5-6-13(12)19-4/h5-6,9-10H,7-8H2,1-4H3,(H,16,17,18). The van der Waals surface area contributed by atoms with Crippen LogP contribution in [0.25, 0.3) is 0 Å². The summed E-state index contributed by atoms with van der Waals surface area (Å²) in [7, 11) is 1.69. The summed E-state index contributed by atoms with van der Waals surface area (Å²) in [6.45, 7) is 6.86. The van der Waals surface area contributed by atoms with Crippen LogP contribution < -0.4 is 10.1 Å². The van der Waals surface area contributed by atoms with Crippen LogP contribution in [0, 0.1) is 6.92 Å². The number of rotatable bonds is 6. The quantitative estimate of drug-likeness (QED) is 0.877. The van der Waals surface area contributed by atoms with Crippen LogP contribution >= 0.6 is 0 Å². The molecule has 0 aliphatic rings. The molecular formula is C15H21N3O2. The fourth-order valence-electron chi connectivity index (χ4n) is 1.95. The Morgan fingerprint density at radius 1 is 1.35 bits per heavy atom. The number of aryl methyl sites for hydroxylation is 1. The topological polar surface area (TPSA) is 60.2 Å². The van der Waals surface area contributed by atoms with E-state index in [1.54, 1.807) is 7.11 Å². The highest BCUT2D eigenvalue weighted by Gasteiger charge is 2.09. The first-order valence-electron chi connectivity index (χ1n) is 6.81. The van der Waals surface area contributed by atoms with Crippen LogP contribution in [0.2, 0.25) is 0 Å². The minimum atomic E-state index is 0.270. The predicted molar refractivity (Wildman–Crippen MR) is 78.3 cm³/mol. The average molecular weight is 275 g/mol. The third-order valence-electron chi connectivity index (χ3n) is 3.06. The molecule has 0 radical (unpaired) electrons. The Balaban J connectivity index is 1.93. The third-order valence-corrected chi connectivity index (χ3v) is 3.06. The number of anilines is 1. The number of ether oxygens (including phenoxy) is 1. The molecule has 1 aromatic heterocycles. The van der Waals surface area contributed by atoms with Crippen molar-refractivity contribution >= 4 is 6.01 Å². The molecule has 2 aromatic rings. The number of benzene rings is 1. The zero-order valence-electron chi connectivity index (χ0n) is 12.4. The summed E-state index contributed by atoms with van der Waals surface area (Å²) in [6.07, 6.45) is 0.838. The van der Waals surface area contributed by atoms with Gasteiger partial charge in [0.15, 0.2) is 5.82 Å². The van der Waals surface area contributed by atoms with Gasteiger partial charge in [-0.2, -0.15) is 4.98 Å². The predicted octanol–water partition coefficient (Wildman–Crippen LogP) is 3.16. The molecule has 5 heteroatoms. The fourth-order valence-corrected chi connectivity index (χ4v) is 1.95. The number of nitrogens with one attached hydrogen (secondary N) is 1. The molecule has 0 saturated heterocycles. The second-order valence-corrected chi connectivity index (χ2v) is 5.10. The first kappa shape index (κ1) is 14.4. The maximum atomic E-state index is 5.36. The van der Waals surface area contributed by atoms with Crippen molar-refractivity contribution in [1.29, 1.82) is 0 Å². The molecule has 0 saturated carbocycles. The van der Waals surface area contributed by atoms with Gasteiger partial charge in [0, 0.05) is 12.5 Å². The molecule has 108 valence electrons. The Morgan fingerprint density at radius 3 is 2.80 bits per heavy atom. The maximum absolute atomic E-state index is 5.36. The van der Waals surface area contributed by atoms with Crippen molar-refractivity contribution in [3.63, 3.8) is 0 Å². The van der Waals surface area contributed by atoms with Crippen molar-refractivity contribution in [3.05, 3.63) is 35.2 Å². The van der Waals surface area contributed by atoms with Gasteiger partial charge in [-0.15, -0.1) is 0 Å². The van der Waals surface area contributed by atoms with Gasteiger partial charge in [-0.1, -0.05) is 36.7 Å². The Labute approximate surface area is 119 Å². The van der Waals surface area contributed by atoms with Gasteiger partial charge < -0.3 is 14.6 Å². The number of hydrogen-bond donors (Lipinski definition) is 1. The molecule has 0 spiro atoms. The summed E-state index contributed by atoms with van der Waals surface area (Å²) in [5, 5.41) is 7.06. The largest absolute Gasteiger partial charge is 0.496 e. The van der Waals surface area contributed by atoms with Crippen LogP contribution in [0.15, 0.2) is 22.7 Å². The molecule has 5 nitrogen and oxygen atoms in total. The number of methoxy groups -OCH3 is 1. The van der Waals surface area contributed by atoms with E-state index in [9.17, 15) is 0 Å². The van der Waals surface area contributed by atoms with Gasteiger partial charge in [0.05, 0.1) is 7.11 Å². The van der Waals surface area contributed by atoms with Gasteiger partial charge >= 0.3 is 6.01 Å². The fraction of sp³-hybridized carbons (Fsp3) is 0.467. The van der Waals surface area contributed by atoms with Crippen LogP contribution in [0.1, 0.15) is 36.7 Å². The normalized spacial score (nSPS) is 10.8. The van der Waals surface area contributed by atoms with E-state index in [2.05, 4.69) is 28.4 Å². The van der Waals surface area contributed by atoms with Crippen molar-refractivity contribution in [3.8, 4) is 5.75 Å². The van der Waals surface area contributed by atoms with Crippen molar-refractivity contribution in [2.45, 2.75) is 33.1 Å². The Kier molecular flexibility index (Phi) is 4.61. The third kappa shape index (κ3) is 3.50. The molecule has 1 N–H and O–H groups in total. The number of hydrogen-bond acceptors (Lipinski definition) is 5. The second-order valence-electron chi connectivity index (χ2n) is 5.10. The van der Waals surface area contributed by atoms with E-state index in [4.69, 9.17) is 9.26 Å². The van der Waals surface area contributed by atoms with E-state index in [0.717, 1.165) is 24.5 Å². The molecule has 0 aliphatic carbocycles. The Hall–Kier alpha value is -2.04. The first-order chi connectivity index (χ1) is 9.60. The highest BCUT2D eigenvalue weighted by atomic mass is 16.5.